The van der Waals surface area contributed by atoms with Crippen LogP contribution in [0.25, 0.3) is 0 Å². The molecule has 9 heteroatoms. The van der Waals surface area contributed by atoms with E-state index >= 15 is 0 Å². The number of hydrogen-bond donors (Lipinski definition) is 2. The second-order valence-electron chi connectivity index (χ2n) is 5.51. The van der Waals surface area contributed by atoms with Crippen molar-refractivity contribution < 1.29 is 22.8 Å². The van der Waals surface area contributed by atoms with Crippen LogP contribution in [0.2, 0.25) is 5.02 Å². The fraction of sp³-hybridized carbons (Fsp3) is 0.467. The minimum absolute atomic E-state index is 0.0425. The highest BCUT2D eigenvalue weighted by Crippen LogP contribution is 2.37. The van der Waals surface area contributed by atoms with Crippen molar-refractivity contribution in [2.75, 3.05) is 11.4 Å². The van der Waals surface area contributed by atoms with Crippen LogP contribution in [0, 0.1) is 0 Å². The number of anilines is 1. The molecule has 132 valence electrons. The van der Waals surface area contributed by atoms with Crippen molar-refractivity contribution in [3.8, 4) is 0 Å². The molecule has 0 aromatic heterocycles. The lowest BCUT2D eigenvalue weighted by molar-refractivity contribution is -0.139. The molecule has 2 amide bonds. The van der Waals surface area contributed by atoms with E-state index in [0.29, 0.717) is 22.7 Å². The van der Waals surface area contributed by atoms with Gasteiger partial charge in [0.1, 0.15) is 12.6 Å². The van der Waals surface area contributed by atoms with E-state index in [1.807, 2.05) is 5.32 Å². The number of nitrogens with zero attached hydrogens (tertiary/aromatic N) is 1. The minimum Gasteiger partial charge on any atom is -0.345 e. The van der Waals surface area contributed by atoms with Crippen molar-refractivity contribution in [3.05, 3.63) is 28.8 Å². The van der Waals surface area contributed by atoms with E-state index in [9.17, 15) is 22.8 Å². The van der Waals surface area contributed by atoms with Gasteiger partial charge in [-0.2, -0.15) is 13.2 Å². The number of carbonyl (C=O) groups is 2. The number of alkyl halides is 3. The maximum Gasteiger partial charge on any atom is 0.405 e. The molecule has 1 aliphatic rings. The normalized spacial score (nSPS) is 18.2. The van der Waals surface area contributed by atoms with Gasteiger partial charge >= 0.3 is 6.18 Å². The van der Waals surface area contributed by atoms with Gasteiger partial charge < -0.3 is 11.1 Å². The Labute approximate surface area is 141 Å². The summed E-state index contributed by atoms with van der Waals surface area (Å²) in [4.78, 5) is 25.9. The second-order valence-corrected chi connectivity index (χ2v) is 5.92. The van der Waals surface area contributed by atoms with Crippen LogP contribution < -0.4 is 16.0 Å². The molecule has 2 atom stereocenters. The molecule has 2 rings (SSSR count). The highest BCUT2D eigenvalue weighted by Gasteiger charge is 2.41. The van der Waals surface area contributed by atoms with Crippen LogP contribution in [0.3, 0.4) is 0 Å². The molecular weight excluding hydrogens is 347 g/mol. The number of amides is 2. The van der Waals surface area contributed by atoms with Crippen LogP contribution in [0.1, 0.15) is 18.9 Å². The monoisotopic (exact) mass is 363 g/mol. The molecule has 24 heavy (non-hydrogen) atoms. The summed E-state index contributed by atoms with van der Waals surface area (Å²) in [7, 11) is 0. The van der Waals surface area contributed by atoms with Gasteiger partial charge in [0, 0.05) is 17.1 Å². The predicted octanol–water partition coefficient (Wildman–Crippen LogP) is 2.01. The van der Waals surface area contributed by atoms with Gasteiger partial charge in [-0.1, -0.05) is 24.6 Å². The van der Waals surface area contributed by atoms with Gasteiger partial charge in [0.15, 0.2) is 0 Å². The lowest BCUT2D eigenvalue weighted by Crippen LogP contribution is -2.53. The number of nitrogens with two attached hydrogens (primary N) is 1. The standard InChI is InChI=1S/C15H17ClF3N3O2/c1-2-10(20)14(24)22-11-5-3-4-9(16)8(11)6-12(22)13(23)21-7-15(17,18)19/h3-5,10,12H,2,6-7,20H2,1H3,(H,21,23). The SMILES string of the molecule is CCC(N)C(=O)N1c2cccc(Cl)c2CC1C(=O)NCC(F)(F)F. The maximum absolute atomic E-state index is 12.5. The first-order valence-electron chi connectivity index (χ1n) is 7.36. The van der Waals surface area contributed by atoms with Crippen LogP contribution in [0.4, 0.5) is 18.9 Å². The molecule has 2 unspecified atom stereocenters. The van der Waals surface area contributed by atoms with E-state index < -0.39 is 36.6 Å². The highest BCUT2D eigenvalue weighted by molar-refractivity contribution is 6.32. The zero-order valence-corrected chi connectivity index (χ0v) is 13.6. The Hall–Kier alpha value is -1.80. The average molecular weight is 364 g/mol. The van der Waals surface area contributed by atoms with Crippen LogP contribution in [0.15, 0.2) is 18.2 Å². The van der Waals surface area contributed by atoms with E-state index in [1.54, 1.807) is 25.1 Å². The third-order valence-corrected chi connectivity index (χ3v) is 4.18. The summed E-state index contributed by atoms with van der Waals surface area (Å²) in [5.41, 5.74) is 6.71. The van der Waals surface area contributed by atoms with Gasteiger partial charge in [0.25, 0.3) is 0 Å². The quantitative estimate of drug-likeness (QED) is 0.859. The van der Waals surface area contributed by atoms with Crippen molar-refractivity contribution in [1.82, 2.24) is 5.32 Å². The molecule has 0 fully saturated rings. The Balaban J connectivity index is 2.31. The van der Waals surface area contributed by atoms with Crippen molar-refractivity contribution in [1.29, 1.82) is 0 Å². The van der Waals surface area contributed by atoms with Crippen molar-refractivity contribution >= 4 is 29.1 Å². The molecular formula is C15H17ClF3N3O2. The fourth-order valence-corrected chi connectivity index (χ4v) is 2.81. The Kier molecular flexibility index (Phi) is 5.39. The Morgan fingerprint density at radius 3 is 2.71 bits per heavy atom. The van der Waals surface area contributed by atoms with E-state index in [4.69, 9.17) is 17.3 Å². The number of nitrogens with one attached hydrogen (secondary N) is 1. The first kappa shape index (κ1) is 18.5. The van der Waals surface area contributed by atoms with E-state index in [0.717, 1.165) is 4.90 Å². The number of hydrogen-bond acceptors (Lipinski definition) is 3. The van der Waals surface area contributed by atoms with E-state index in [-0.39, 0.29) is 6.42 Å². The van der Waals surface area contributed by atoms with Crippen molar-refractivity contribution in [3.63, 3.8) is 0 Å². The summed E-state index contributed by atoms with van der Waals surface area (Å²) in [6.07, 6.45) is -4.16. The number of carbonyl (C=O) groups excluding carboxylic acids is 2. The molecule has 1 aromatic carbocycles. The zero-order chi connectivity index (χ0) is 18.1. The summed E-state index contributed by atoms with van der Waals surface area (Å²) < 4.78 is 37.0. The number of halogens is 4. The summed E-state index contributed by atoms with van der Waals surface area (Å²) >= 11 is 6.09. The first-order valence-corrected chi connectivity index (χ1v) is 7.74. The van der Waals surface area contributed by atoms with Crippen LogP contribution >= 0.6 is 11.6 Å². The van der Waals surface area contributed by atoms with Gasteiger partial charge in [-0.15, -0.1) is 0 Å². The van der Waals surface area contributed by atoms with Gasteiger partial charge in [-0.05, 0) is 24.1 Å². The molecule has 5 nitrogen and oxygen atoms in total. The number of rotatable bonds is 4. The molecule has 0 saturated carbocycles. The first-order chi connectivity index (χ1) is 11.2. The molecule has 1 aliphatic heterocycles. The number of fused-ring (bicyclic) bond motifs is 1. The van der Waals surface area contributed by atoms with Crippen molar-refractivity contribution in [2.24, 2.45) is 5.73 Å². The van der Waals surface area contributed by atoms with Gasteiger partial charge in [0.05, 0.1) is 6.04 Å². The molecule has 1 aromatic rings. The van der Waals surface area contributed by atoms with Crippen molar-refractivity contribution in [2.45, 2.75) is 38.0 Å². The molecule has 0 radical (unpaired) electrons. The van der Waals surface area contributed by atoms with Crippen LogP contribution in [-0.4, -0.2) is 36.6 Å². The van der Waals surface area contributed by atoms with Crippen LogP contribution in [-0.2, 0) is 16.0 Å². The van der Waals surface area contributed by atoms with Gasteiger partial charge in [0.2, 0.25) is 11.8 Å². The molecule has 0 aliphatic carbocycles. The highest BCUT2D eigenvalue weighted by atomic mass is 35.5. The molecule has 0 bridgehead atoms. The molecule has 0 spiro atoms. The summed E-state index contributed by atoms with van der Waals surface area (Å²) in [5, 5.41) is 2.17. The molecule has 3 N–H and O–H groups in total. The summed E-state index contributed by atoms with van der Waals surface area (Å²) in [6.45, 7) is 0.241. The smallest absolute Gasteiger partial charge is 0.345 e. The fourth-order valence-electron chi connectivity index (χ4n) is 2.57. The molecule has 1 heterocycles. The van der Waals surface area contributed by atoms with Crippen LogP contribution in [0.5, 0.6) is 0 Å². The largest absolute Gasteiger partial charge is 0.405 e. The average Bonchev–Trinajstić information content (AvgIpc) is 2.91. The lowest BCUT2D eigenvalue weighted by Gasteiger charge is -2.27. The maximum atomic E-state index is 12.5. The van der Waals surface area contributed by atoms with E-state index in [1.165, 1.54) is 0 Å². The third-order valence-electron chi connectivity index (χ3n) is 3.82. The summed E-state index contributed by atoms with van der Waals surface area (Å²) in [5.74, 6) is -1.41. The Morgan fingerprint density at radius 1 is 1.46 bits per heavy atom. The van der Waals surface area contributed by atoms with Gasteiger partial charge in [-0.25, -0.2) is 0 Å². The lowest BCUT2D eigenvalue weighted by atomic mass is 10.1. The zero-order valence-electron chi connectivity index (χ0n) is 12.9. The van der Waals surface area contributed by atoms with Gasteiger partial charge in [-0.3, -0.25) is 14.5 Å². The van der Waals surface area contributed by atoms with E-state index in [2.05, 4.69) is 0 Å². The predicted molar refractivity (Wildman–Crippen MR) is 83.8 cm³/mol. The minimum atomic E-state index is -4.53. The Morgan fingerprint density at radius 2 is 2.12 bits per heavy atom. The number of benzene rings is 1. The molecule has 0 saturated heterocycles. The second kappa shape index (κ2) is 6.98. The topological polar surface area (TPSA) is 75.4 Å². The third kappa shape index (κ3) is 3.81. The Bertz CT molecular complexity index is 651. The summed E-state index contributed by atoms with van der Waals surface area (Å²) in [6, 6.07) is 2.84.